The Hall–Kier alpha value is -7.94. The van der Waals surface area contributed by atoms with Gasteiger partial charge < -0.3 is 10.2 Å². The van der Waals surface area contributed by atoms with Gasteiger partial charge in [-0.05, 0) is 115 Å². The molecular formula is C63H46N2. The van der Waals surface area contributed by atoms with Crippen LogP contribution in [-0.4, -0.2) is 0 Å². The number of hydrogen-bond acceptors (Lipinski definition) is 2. The number of para-hydroxylation sites is 2. The molecule has 1 heterocycles. The molecule has 3 unspecified atom stereocenters. The van der Waals surface area contributed by atoms with Crippen molar-refractivity contribution in [1.82, 2.24) is 0 Å². The van der Waals surface area contributed by atoms with Crippen molar-refractivity contribution in [3.63, 3.8) is 0 Å². The second kappa shape index (κ2) is 14.8. The molecule has 0 radical (unpaired) electrons. The van der Waals surface area contributed by atoms with Crippen LogP contribution in [0.3, 0.4) is 0 Å². The van der Waals surface area contributed by atoms with E-state index in [1.165, 1.54) is 89.1 Å². The third-order valence-electron chi connectivity index (χ3n) is 14.7. The fourth-order valence-corrected chi connectivity index (χ4v) is 12.1. The Bertz CT molecular complexity index is 3350. The Balaban J connectivity index is 0.988. The lowest BCUT2D eigenvalue weighted by Crippen LogP contribution is -2.45. The second-order valence-corrected chi connectivity index (χ2v) is 17.9. The van der Waals surface area contributed by atoms with Crippen LogP contribution in [0.15, 0.2) is 248 Å². The number of nitrogens with zero attached hydrogens (tertiary/aromatic N) is 1. The van der Waals surface area contributed by atoms with Gasteiger partial charge in [0.15, 0.2) is 0 Å². The molecule has 308 valence electrons. The van der Waals surface area contributed by atoms with Gasteiger partial charge in [-0.25, -0.2) is 0 Å². The van der Waals surface area contributed by atoms with Gasteiger partial charge in [-0.15, -0.1) is 0 Å². The summed E-state index contributed by atoms with van der Waals surface area (Å²) in [6.45, 7) is 0. The molecule has 0 bridgehead atoms. The maximum Gasteiger partial charge on any atom is 0.130 e. The predicted molar refractivity (Wildman–Crippen MR) is 269 cm³/mol. The minimum Gasteiger partial charge on any atom is -0.359 e. The lowest BCUT2D eigenvalue weighted by atomic mass is 9.50. The predicted octanol–water partition coefficient (Wildman–Crippen LogP) is 15.6. The van der Waals surface area contributed by atoms with E-state index in [1.807, 2.05) is 0 Å². The molecule has 9 aromatic carbocycles. The average molecular weight is 831 g/mol. The van der Waals surface area contributed by atoms with Crippen molar-refractivity contribution in [3.8, 4) is 33.4 Å². The second-order valence-electron chi connectivity index (χ2n) is 17.9. The topological polar surface area (TPSA) is 15.3 Å². The molecule has 0 spiro atoms. The van der Waals surface area contributed by atoms with Crippen LogP contribution in [0.5, 0.6) is 0 Å². The highest BCUT2D eigenvalue weighted by atomic mass is 15.3. The van der Waals surface area contributed by atoms with E-state index in [-0.39, 0.29) is 6.17 Å². The van der Waals surface area contributed by atoms with Gasteiger partial charge in [0.25, 0.3) is 0 Å². The summed E-state index contributed by atoms with van der Waals surface area (Å²) in [5.74, 6) is 0. The average Bonchev–Trinajstić information content (AvgIpc) is 3.93. The first-order valence-electron chi connectivity index (χ1n) is 23.0. The Morgan fingerprint density at radius 3 is 1.74 bits per heavy atom. The summed E-state index contributed by atoms with van der Waals surface area (Å²) >= 11 is 0. The smallest absolute Gasteiger partial charge is 0.130 e. The number of anilines is 3. The van der Waals surface area contributed by atoms with Crippen LogP contribution in [0.25, 0.3) is 33.4 Å². The fourth-order valence-electron chi connectivity index (χ4n) is 12.1. The summed E-state index contributed by atoms with van der Waals surface area (Å²) in [6.07, 6.45) is 8.96. The number of fused-ring (bicyclic) bond motifs is 6. The molecule has 65 heavy (non-hydrogen) atoms. The number of benzene rings is 9. The fraction of sp³-hybridized carbons (Fsp3) is 0.0794. The molecule has 0 aromatic heterocycles. The highest BCUT2D eigenvalue weighted by Gasteiger charge is 2.58. The van der Waals surface area contributed by atoms with Gasteiger partial charge in [-0.3, -0.25) is 0 Å². The SMILES string of the molecule is C1=CCCC(C2(c3ccccc3-c3ccc(C4Nc5ccccc5N4c4ccc(-c5ccccc5)cc4)cc3)c3ccccc3C3(c4ccccc4)c4ccccc4-c4cccc2c43)=C1. The molecule has 13 rings (SSSR count). The molecule has 3 atom stereocenters. The van der Waals surface area contributed by atoms with Crippen LogP contribution in [0.4, 0.5) is 17.1 Å². The molecule has 2 nitrogen and oxygen atoms in total. The highest BCUT2D eigenvalue weighted by molar-refractivity contribution is 5.93. The van der Waals surface area contributed by atoms with E-state index in [0.717, 1.165) is 24.2 Å². The molecular weight excluding hydrogens is 785 g/mol. The monoisotopic (exact) mass is 830 g/mol. The van der Waals surface area contributed by atoms with Crippen LogP contribution in [0, 0.1) is 0 Å². The van der Waals surface area contributed by atoms with Crippen molar-refractivity contribution in [2.24, 2.45) is 0 Å². The van der Waals surface area contributed by atoms with Crippen molar-refractivity contribution in [3.05, 3.63) is 293 Å². The molecule has 2 heteroatoms. The van der Waals surface area contributed by atoms with E-state index in [1.54, 1.807) is 0 Å². The summed E-state index contributed by atoms with van der Waals surface area (Å²) in [5.41, 5.74) is 22.1. The molecule has 3 aliphatic carbocycles. The first kappa shape index (κ1) is 37.6. The third-order valence-corrected chi connectivity index (χ3v) is 14.7. The van der Waals surface area contributed by atoms with Crippen LogP contribution < -0.4 is 10.2 Å². The zero-order valence-corrected chi connectivity index (χ0v) is 36.0. The molecule has 0 saturated carbocycles. The van der Waals surface area contributed by atoms with E-state index in [2.05, 4.69) is 253 Å². The Labute approximate surface area is 381 Å². The van der Waals surface area contributed by atoms with Crippen molar-refractivity contribution < 1.29 is 0 Å². The van der Waals surface area contributed by atoms with Crippen molar-refractivity contribution in [2.45, 2.75) is 29.8 Å². The van der Waals surface area contributed by atoms with Crippen LogP contribution in [0.2, 0.25) is 0 Å². The maximum absolute atomic E-state index is 3.89. The Morgan fingerprint density at radius 1 is 0.431 bits per heavy atom. The zero-order chi connectivity index (χ0) is 43.0. The first-order chi connectivity index (χ1) is 32.3. The van der Waals surface area contributed by atoms with Crippen molar-refractivity contribution >= 4 is 17.1 Å². The van der Waals surface area contributed by atoms with E-state index in [0.29, 0.717) is 0 Å². The third kappa shape index (κ3) is 5.41. The zero-order valence-electron chi connectivity index (χ0n) is 36.0. The van der Waals surface area contributed by atoms with Gasteiger partial charge in [0.1, 0.15) is 6.17 Å². The summed E-state index contributed by atoms with van der Waals surface area (Å²) in [7, 11) is 0. The molecule has 0 saturated heterocycles. The van der Waals surface area contributed by atoms with Crippen LogP contribution in [0.1, 0.15) is 63.5 Å². The Morgan fingerprint density at radius 2 is 1.00 bits per heavy atom. The molecule has 1 N–H and O–H groups in total. The summed E-state index contributed by atoms with van der Waals surface area (Å²) in [5, 5.41) is 3.89. The van der Waals surface area contributed by atoms with Crippen molar-refractivity contribution in [1.29, 1.82) is 0 Å². The van der Waals surface area contributed by atoms with Gasteiger partial charge in [-0.1, -0.05) is 224 Å². The molecule has 9 aromatic rings. The number of hydrogen-bond donors (Lipinski definition) is 1. The first-order valence-corrected chi connectivity index (χ1v) is 23.0. The molecule has 0 amide bonds. The van der Waals surface area contributed by atoms with E-state index >= 15 is 0 Å². The minimum atomic E-state index is -0.556. The molecule has 1 aliphatic heterocycles. The highest BCUT2D eigenvalue weighted by Crippen LogP contribution is 2.67. The van der Waals surface area contributed by atoms with E-state index < -0.39 is 10.8 Å². The van der Waals surface area contributed by atoms with Gasteiger partial charge in [0, 0.05) is 5.69 Å². The Kier molecular flexibility index (Phi) is 8.58. The summed E-state index contributed by atoms with van der Waals surface area (Å²) in [6, 6.07) is 83.9. The number of allylic oxidation sites excluding steroid dienone is 4. The summed E-state index contributed by atoms with van der Waals surface area (Å²) in [4.78, 5) is 2.44. The van der Waals surface area contributed by atoms with Gasteiger partial charge in [-0.2, -0.15) is 0 Å². The van der Waals surface area contributed by atoms with Gasteiger partial charge in [0.2, 0.25) is 0 Å². The largest absolute Gasteiger partial charge is 0.359 e. The minimum absolute atomic E-state index is 0.0744. The van der Waals surface area contributed by atoms with E-state index in [9.17, 15) is 0 Å². The standard InChI is InChI=1S/C63H46N2/c1-4-19-43(20-5-1)44-39-41-49(42-40-44)65-59-34-17-16-33-58(59)64-61(65)46-37-35-45(36-38-46)50-25-10-12-28-53(50)62(47-21-6-2-7-22-47)55-30-14-15-31-56(55)63(48-23-8-3-9-24-48)54-29-13-11-26-51(54)52-27-18-32-57(62)60(52)63/h1-6,8-21,23-42,61,64H,7,22H2. The maximum atomic E-state index is 3.89. The lowest BCUT2D eigenvalue weighted by molar-refractivity contribution is 0.598. The van der Waals surface area contributed by atoms with Crippen LogP contribution in [-0.2, 0) is 10.8 Å². The van der Waals surface area contributed by atoms with Crippen molar-refractivity contribution in [2.75, 3.05) is 10.2 Å². The lowest BCUT2D eigenvalue weighted by Gasteiger charge is -2.51. The molecule has 0 fully saturated rings. The molecule has 4 aliphatic rings. The van der Waals surface area contributed by atoms with Gasteiger partial charge in [0.05, 0.1) is 22.2 Å². The summed E-state index contributed by atoms with van der Waals surface area (Å²) < 4.78 is 0. The van der Waals surface area contributed by atoms with Gasteiger partial charge >= 0.3 is 0 Å². The quantitative estimate of drug-likeness (QED) is 0.172. The van der Waals surface area contributed by atoms with E-state index in [4.69, 9.17) is 0 Å². The van der Waals surface area contributed by atoms with Crippen LogP contribution >= 0.6 is 0 Å². The normalized spacial score (nSPS) is 19.7. The number of nitrogens with one attached hydrogen (secondary N) is 1. The number of rotatable bonds is 7.